The van der Waals surface area contributed by atoms with Crippen LogP contribution in [0.4, 0.5) is 5.69 Å². The van der Waals surface area contributed by atoms with Crippen molar-refractivity contribution >= 4 is 28.7 Å². The number of rotatable bonds is 4. The lowest BCUT2D eigenvalue weighted by Crippen LogP contribution is -2.23. The van der Waals surface area contributed by atoms with Gasteiger partial charge in [0.15, 0.2) is 0 Å². The fraction of sp³-hybridized carbons (Fsp3) is 0.154. The van der Waals surface area contributed by atoms with E-state index in [4.69, 9.17) is 4.98 Å². The smallest absolute Gasteiger partial charge is 0.266 e. The second-order valence-corrected chi connectivity index (χ2v) is 7.74. The zero-order valence-electron chi connectivity index (χ0n) is 17.8. The van der Waals surface area contributed by atoms with Crippen LogP contribution in [0.25, 0.3) is 28.7 Å². The number of hydrogen-bond donors (Lipinski definition) is 0. The monoisotopic (exact) mass is 395 g/mol. The predicted molar refractivity (Wildman–Crippen MR) is 127 cm³/mol. The molecule has 0 radical (unpaired) electrons. The summed E-state index contributed by atoms with van der Waals surface area (Å²) < 4.78 is 1.71. The van der Waals surface area contributed by atoms with Crippen molar-refractivity contribution in [3.05, 3.63) is 99.6 Å². The van der Waals surface area contributed by atoms with Gasteiger partial charge in [0.05, 0.1) is 16.6 Å². The highest BCUT2D eigenvalue weighted by atomic mass is 16.1. The summed E-state index contributed by atoms with van der Waals surface area (Å²) in [5.41, 5.74) is 5.89. The van der Waals surface area contributed by atoms with E-state index in [1.165, 1.54) is 0 Å². The van der Waals surface area contributed by atoms with E-state index < -0.39 is 0 Å². The van der Waals surface area contributed by atoms with E-state index in [-0.39, 0.29) is 5.56 Å². The molecule has 30 heavy (non-hydrogen) atoms. The molecule has 0 bridgehead atoms. The minimum atomic E-state index is -0.0600. The van der Waals surface area contributed by atoms with Crippen molar-refractivity contribution < 1.29 is 0 Å². The third kappa shape index (κ3) is 3.77. The number of benzene rings is 3. The third-order valence-corrected chi connectivity index (χ3v) is 5.23. The number of nitrogens with zero attached hydrogens (tertiary/aromatic N) is 3. The van der Waals surface area contributed by atoms with Crippen LogP contribution in [0.1, 0.15) is 22.5 Å². The molecule has 0 saturated carbocycles. The maximum Gasteiger partial charge on any atom is 0.266 e. The molecule has 1 heterocycles. The Hall–Kier alpha value is -3.66. The minimum absolute atomic E-state index is 0.0600. The number of anilines is 1. The Morgan fingerprint density at radius 1 is 0.900 bits per heavy atom. The van der Waals surface area contributed by atoms with Gasteiger partial charge in [0, 0.05) is 19.8 Å². The molecular formula is C26H25N3O. The van der Waals surface area contributed by atoms with Gasteiger partial charge in [-0.3, -0.25) is 9.36 Å². The van der Waals surface area contributed by atoms with E-state index in [0.29, 0.717) is 16.7 Å². The highest BCUT2D eigenvalue weighted by molar-refractivity contribution is 5.80. The Bertz CT molecular complexity index is 1300. The van der Waals surface area contributed by atoms with Gasteiger partial charge in [-0.25, -0.2) is 4.98 Å². The average molecular weight is 396 g/mol. The first-order valence-corrected chi connectivity index (χ1v) is 9.99. The summed E-state index contributed by atoms with van der Waals surface area (Å²) in [5.74, 6) is 0.613. The Morgan fingerprint density at radius 2 is 1.63 bits per heavy atom. The van der Waals surface area contributed by atoms with Crippen molar-refractivity contribution in [2.45, 2.75) is 13.8 Å². The van der Waals surface area contributed by atoms with Gasteiger partial charge in [0.1, 0.15) is 5.82 Å². The molecule has 4 nitrogen and oxygen atoms in total. The molecule has 0 spiro atoms. The van der Waals surface area contributed by atoms with Gasteiger partial charge in [-0.2, -0.15) is 0 Å². The van der Waals surface area contributed by atoms with Crippen LogP contribution in [0.2, 0.25) is 0 Å². The lowest BCUT2D eigenvalue weighted by Gasteiger charge is -2.14. The first kappa shape index (κ1) is 19.6. The van der Waals surface area contributed by atoms with E-state index in [1.54, 1.807) is 4.57 Å². The van der Waals surface area contributed by atoms with Crippen LogP contribution in [0.15, 0.2) is 71.5 Å². The molecule has 4 aromatic rings. The highest BCUT2D eigenvalue weighted by Crippen LogP contribution is 2.20. The van der Waals surface area contributed by atoms with Crippen molar-refractivity contribution in [1.82, 2.24) is 9.55 Å². The Morgan fingerprint density at radius 3 is 2.33 bits per heavy atom. The topological polar surface area (TPSA) is 38.1 Å². The Kier molecular flexibility index (Phi) is 5.23. The number of aryl methyl sites for hydroxylation is 2. The zero-order chi connectivity index (χ0) is 21.3. The maximum absolute atomic E-state index is 13.4. The van der Waals surface area contributed by atoms with Gasteiger partial charge >= 0.3 is 0 Å². The van der Waals surface area contributed by atoms with Gasteiger partial charge in [-0.1, -0.05) is 48.0 Å². The first-order valence-electron chi connectivity index (χ1n) is 9.99. The van der Waals surface area contributed by atoms with Gasteiger partial charge in [0.25, 0.3) is 5.56 Å². The molecule has 0 amide bonds. The largest absolute Gasteiger partial charge is 0.378 e. The fourth-order valence-electron chi connectivity index (χ4n) is 3.61. The van der Waals surface area contributed by atoms with E-state index in [9.17, 15) is 4.79 Å². The molecule has 0 unspecified atom stereocenters. The summed E-state index contributed by atoms with van der Waals surface area (Å²) in [5, 5.41) is 0.616. The van der Waals surface area contributed by atoms with Crippen molar-refractivity contribution in [2.75, 3.05) is 19.0 Å². The summed E-state index contributed by atoms with van der Waals surface area (Å²) in [6, 6.07) is 21.9. The SMILES string of the molecule is Cc1ccc(-n2c(/C=C/c3ccc(N(C)C)cc3)nc3ccccc3c2=O)c(C)c1. The first-order chi connectivity index (χ1) is 14.4. The van der Waals surface area contributed by atoms with Crippen LogP contribution in [0, 0.1) is 13.8 Å². The highest BCUT2D eigenvalue weighted by Gasteiger charge is 2.12. The van der Waals surface area contributed by atoms with Crippen LogP contribution in [0.3, 0.4) is 0 Å². The van der Waals surface area contributed by atoms with Crippen LogP contribution < -0.4 is 10.5 Å². The fourth-order valence-corrected chi connectivity index (χ4v) is 3.61. The van der Waals surface area contributed by atoms with Gasteiger partial charge in [-0.05, 0) is 61.4 Å². The summed E-state index contributed by atoms with van der Waals surface area (Å²) in [4.78, 5) is 20.3. The lowest BCUT2D eigenvalue weighted by atomic mass is 10.1. The lowest BCUT2D eigenvalue weighted by molar-refractivity contribution is 0.933. The van der Waals surface area contributed by atoms with Gasteiger partial charge < -0.3 is 4.90 Å². The van der Waals surface area contributed by atoms with Crippen LogP contribution in [0.5, 0.6) is 0 Å². The summed E-state index contributed by atoms with van der Waals surface area (Å²) in [6.07, 6.45) is 3.91. The summed E-state index contributed by atoms with van der Waals surface area (Å²) in [7, 11) is 4.04. The minimum Gasteiger partial charge on any atom is -0.378 e. The van der Waals surface area contributed by atoms with E-state index >= 15 is 0 Å². The number of aromatic nitrogens is 2. The van der Waals surface area contributed by atoms with Gasteiger partial charge in [-0.15, -0.1) is 0 Å². The van der Waals surface area contributed by atoms with Gasteiger partial charge in [0.2, 0.25) is 0 Å². The molecule has 150 valence electrons. The van der Waals surface area contributed by atoms with Crippen molar-refractivity contribution in [3.63, 3.8) is 0 Å². The molecule has 3 aromatic carbocycles. The Labute approximate surface area is 176 Å². The zero-order valence-corrected chi connectivity index (χ0v) is 17.8. The standard InChI is InChI=1S/C26H25N3O/c1-18-9-15-24(19(2)17-18)29-25(27-23-8-6-5-7-22(23)26(29)30)16-12-20-10-13-21(14-11-20)28(3)4/h5-17H,1-4H3/b16-12+. The second kappa shape index (κ2) is 7.99. The summed E-state index contributed by atoms with van der Waals surface area (Å²) in [6.45, 7) is 4.08. The third-order valence-electron chi connectivity index (χ3n) is 5.23. The molecule has 4 rings (SSSR count). The molecule has 1 aromatic heterocycles. The normalized spacial score (nSPS) is 11.3. The molecule has 4 heteroatoms. The summed E-state index contributed by atoms with van der Waals surface area (Å²) >= 11 is 0. The average Bonchev–Trinajstić information content (AvgIpc) is 2.73. The van der Waals surface area contributed by atoms with Crippen LogP contribution in [-0.4, -0.2) is 23.6 Å². The van der Waals surface area contributed by atoms with Crippen LogP contribution in [-0.2, 0) is 0 Å². The second-order valence-electron chi connectivity index (χ2n) is 7.74. The quantitative estimate of drug-likeness (QED) is 0.474. The maximum atomic E-state index is 13.4. The Balaban J connectivity index is 1.88. The molecule has 0 aliphatic rings. The number of para-hydroxylation sites is 1. The molecule has 0 aliphatic heterocycles. The van der Waals surface area contributed by atoms with E-state index in [1.807, 2.05) is 69.6 Å². The molecule has 0 fully saturated rings. The van der Waals surface area contributed by atoms with Crippen LogP contribution >= 0.6 is 0 Å². The van der Waals surface area contributed by atoms with E-state index in [0.717, 1.165) is 28.1 Å². The van der Waals surface area contributed by atoms with Crippen molar-refractivity contribution in [3.8, 4) is 5.69 Å². The molecular weight excluding hydrogens is 370 g/mol. The predicted octanol–water partition coefficient (Wildman–Crippen LogP) is 5.24. The molecule has 0 N–H and O–H groups in total. The number of hydrogen-bond acceptors (Lipinski definition) is 3. The molecule has 0 aliphatic carbocycles. The van der Waals surface area contributed by atoms with Crippen molar-refractivity contribution in [1.29, 1.82) is 0 Å². The van der Waals surface area contributed by atoms with E-state index in [2.05, 4.69) is 42.2 Å². The molecule has 0 atom stereocenters. The number of fused-ring (bicyclic) bond motifs is 1. The van der Waals surface area contributed by atoms with Crippen molar-refractivity contribution in [2.24, 2.45) is 0 Å². The molecule has 0 saturated heterocycles.